The van der Waals surface area contributed by atoms with E-state index in [0.717, 1.165) is 0 Å². The average molecular weight is 630 g/mol. The second kappa shape index (κ2) is 33.1. The first kappa shape index (κ1) is 42.2. The van der Waals surface area contributed by atoms with Gasteiger partial charge in [0, 0.05) is 6.42 Å². The zero-order chi connectivity index (χ0) is 32.5. The molecule has 0 fully saturated rings. The summed E-state index contributed by atoms with van der Waals surface area (Å²) in [6.07, 6.45) is 53.7. The van der Waals surface area contributed by atoms with Crippen LogP contribution in [-0.4, -0.2) is 4.57 Å². The topological polar surface area (TPSA) is 8.81 Å². The van der Waals surface area contributed by atoms with Crippen molar-refractivity contribution in [3.8, 4) is 0 Å². The zero-order valence-electron chi connectivity index (χ0n) is 31.9. The average Bonchev–Trinajstić information content (AvgIpc) is 3.45. The van der Waals surface area contributed by atoms with Gasteiger partial charge in [-0.25, -0.2) is 9.13 Å². The largest absolute Gasteiger partial charge is 0.256 e. The van der Waals surface area contributed by atoms with Crippen molar-refractivity contribution in [2.45, 2.75) is 259 Å². The number of hydrogen-bond acceptors (Lipinski definition) is 0. The number of imidazole rings is 1. The summed E-state index contributed by atoms with van der Waals surface area (Å²) >= 11 is 0. The molecule has 0 radical (unpaired) electrons. The molecule has 0 unspecified atom stereocenters. The molecule has 1 aromatic rings. The molecule has 0 aromatic carbocycles. The first-order chi connectivity index (χ1) is 22.2. The highest BCUT2D eigenvalue weighted by atomic mass is 15.2. The van der Waals surface area contributed by atoms with Crippen LogP contribution in [0.4, 0.5) is 0 Å². The molecule has 0 aliphatic heterocycles. The van der Waals surface area contributed by atoms with Crippen molar-refractivity contribution in [3.05, 3.63) is 18.2 Å². The molecule has 0 atom stereocenters. The van der Waals surface area contributed by atoms with Gasteiger partial charge in [-0.3, -0.25) is 0 Å². The summed E-state index contributed by atoms with van der Waals surface area (Å²) in [4.78, 5) is 0. The second-order valence-corrected chi connectivity index (χ2v) is 15.1. The van der Waals surface area contributed by atoms with E-state index in [9.17, 15) is 0 Å². The number of nitrogens with zero attached hydrogens (tertiary/aromatic N) is 2. The number of aryl methyl sites for hydroxylation is 1. The van der Waals surface area contributed by atoms with Gasteiger partial charge in [0.15, 0.2) is 0 Å². The fourth-order valence-electron chi connectivity index (χ4n) is 7.26. The Bertz CT molecular complexity index is 705. The summed E-state index contributed by atoms with van der Waals surface area (Å²) in [6.45, 7) is 10.5. The van der Waals surface area contributed by atoms with Crippen LogP contribution < -0.4 is 4.57 Å². The Kier molecular flexibility index (Phi) is 31.1. The molecule has 0 spiro atoms. The molecule has 0 saturated heterocycles. The Balaban J connectivity index is 1.99. The van der Waals surface area contributed by atoms with E-state index in [-0.39, 0.29) is 0 Å². The number of unbranched alkanes of at least 4 members (excludes halogenated alkanes) is 31. The van der Waals surface area contributed by atoms with Gasteiger partial charge in [0.2, 0.25) is 0 Å². The van der Waals surface area contributed by atoms with Crippen molar-refractivity contribution in [1.82, 2.24) is 4.57 Å². The molecule has 0 aliphatic carbocycles. The van der Waals surface area contributed by atoms with Crippen LogP contribution in [0.2, 0.25) is 0 Å². The summed E-state index contributed by atoms with van der Waals surface area (Å²) in [5.74, 6) is 1.58. The first-order valence-corrected chi connectivity index (χ1v) is 21.3. The molecule has 266 valence electrons. The Morgan fingerprint density at radius 1 is 0.422 bits per heavy atom. The molecular formula is C43H85N2+. The van der Waals surface area contributed by atoms with Crippen LogP contribution in [0, 0.1) is 0 Å². The molecule has 0 bridgehead atoms. The van der Waals surface area contributed by atoms with E-state index >= 15 is 0 Å². The van der Waals surface area contributed by atoms with Crippen molar-refractivity contribution in [1.29, 1.82) is 0 Å². The maximum absolute atomic E-state index is 2.59. The van der Waals surface area contributed by atoms with Crippen molar-refractivity contribution < 1.29 is 4.57 Å². The van der Waals surface area contributed by atoms with Crippen LogP contribution >= 0.6 is 0 Å². The lowest BCUT2D eigenvalue weighted by molar-refractivity contribution is -0.704. The van der Waals surface area contributed by atoms with Gasteiger partial charge >= 0.3 is 0 Å². The van der Waals surface area contributed by atoms with Crippen LogP contribution in [0.5, 0.6) is 0 Å². The third kappa shape index (κ3) is 25.9. The van der Waals surface area contributed by atoms with E-state index in [0.29, 0.717) is 6.04 Å². The highest BCUT2D eigenvalue weighted by Crippen LogP contribution is 2.17. The normalized spacial score (nSPS) is 11.8. The van der Waals surface area contributed by atoms with Crippen molar-refractivity contribution in [2.24, 2.45) is 0 Å². The van der Waals surface area contributed by atoms with Crippen molar-refractivity contribution >= 4 is 0 Å². The summed E-state index contributed by atoms with van der Waals surface area (Å²) in [5, 5.41) is 0. The molecule has 0 saturated carbocycles. The molecular weight excluding hydrogens is 544 g/mol. The molecule has 0 N–H and O–H groups in total. The van der Waals surface area contributed by atoms with Crippen LogP contribution in [0.3, 0.4) is 0 Å². The Labute approximate surface area is 285 Å². The van der Waals surface area contributed by atoms with Gasteiger partial charge in [0.25, 0.3) is 5.82 Å². The van der Waals surface area contributed by atoms with Gasteiger partial charge in [-0.1, -0.05) is 206 Å². The fourth-order valence-corrected chi connectivity index (χ4v) is 7.26. The fraction of sp³-hybridized carbons (Fsp3) is 0.930. The van der Waals surface area contributed by atoms with Crippen LogP contribution in [0.1, 0.15) is 251 Å². The maximum Gasteiger partial charge on any atom is 0.256 e. The molecule has 2 nitrogen and oxygen atoms in total. The smallest absolute Gasteiger partial charge is 0.234 e. The quantitative estimate of drug-likeness (QED) is 0.0516. The molecule has 1 aromatic heterocycles. The van der Waals surface area contributed by atoms with Crippen LogP contribution in [0.15, 0.2) is 12.4 Å². The van der Waals surface area contributed by atoms with E-state index < -0.39 is 0 Å². The van der Waals surface area contributed by atoms with E-state index in [1.54, 1.807) is 5.82 Å². The molecule has 45 heavy (non-hydrogen) atoms. The lowest BCUT2D eigenvalue weighted by atomic mass is 10.0. The Morgan fingerprint density at radius 2 is 0.711 bits per heavy atom. The molecule has 2 heteroatoms. The highest BCUT2D eigenvalue weighted by Gasteiger charge is 2.18. The Morgan fingerprint density at radius 3 is 1.02 bits per heavy atom. The zero-order valence-corrected chi connectivity index (χ0v) is 31.9. The molecule has 0 amide bonds. The predicted molar refractivity (Wildman–Crippen MR) is 202 cm³/mol. The summed E-state index contributed by atoms with van der Waals surface area (Å²) in [7, 11) is 0. The van der Waals surface area contributed by atoms with Gasteiger partial charge in [0.1, 0.15) is 12.4 Å². The molecule has 1 heterocycles. The maximum atomic E-state index is 2.59. The predicted octanol–water partition coefficient (Wildman–Crippen LogP) is 14.8. The summed E-state index contributed by atoms with van der Waals surface area (Å²) in [6, 6.07) is 0.567. The minimum Gasteiger partial charge on any atom is -0.234 e. The molecule has 0 aliphatic rings. The van der Waals surface area contributed by atoms with Gasteiger partial charge in [-0.05, 0) is 33.1 Å². The first-order valence-electron chi connectivity index (χ1n) is 21.3. The standard InChI is InChI=1S/C43H85N2/c1-5-7-9-11-13-15-17-19-21-23-25-27-29-31-33-35-37-39-44-40-41-45(42(3)4)43(44)38-36-34-32-30-28-26-24-22-20-18-16-14-12-10-8-6-2/h40-42H,5-39H2,1-4H3/q+1. The number of rotatable bonds is 36. The second-order valence-electron chi connectivity index (χ2n) is 15.1. The minimum absolute atomic E-state index is 0.567. The summed E-state index contributed by atoms with van der Waals surface area (Å²) < 4.78 is 5.13. The monoisotopic (exact) mass is 630 g/mol. The van der Waals surface area contributed by atoms with E-state index in [1.165, 1.54) is 225 Å². The molecule has 1 rings (SSSR count). The highest BCUT2D eigenvalue weighted by molar-refractivity contribution is 4.86. The lowest BCUT2D eigenvalue weighted by Gasteiger charge is -2.08. The lowest BCUT2D eigenvalue weighted by Crippen LogP contribution is -2.37. The van der Waals surface area contributed by atoms with Gasteiger partial charge in [-0.2, -0.15) is 0 Å². The third-order valence-corrected chi connectivity index (χ3v) is 10.3. The number of aromatic nitrogens is 2. The van der Waals surface area contributed by atoms with Gasteiger partial charge in [-0.15, -0.1) is 0 Å². The SMILES string of the molecule is CCCCCCCCCCCCCCCCCCC[n+]1ccn(C(C)C)c1CCCCCCCCCCCCCCCCCC. The van der Waals surface area contributed by atoms with Crippen molar-refractivity contribution in [2.75, 3.05) is 0 Å². The van der Waals surface area contributed by atoms with Crippen LogP contribution in [0.25, 0.3) is 0 Å². The Hall–Kier alpha value is -0.790. The third-order valence-electron chi connectivity index (χ3n) is 10.3. The number of hydrogen-bond donors (Lipinski definition) is 0. The van der Waals surface area contributed by atoms with E-state index in [2.05, 4.69) is 49.2 Å². The van der Waals surface area contributed by atoms with Crippen LogP contribution in [-0.2, 0) is 13.0 Å². The van der Waals surface area contributed by atoms with E-state index in [4.69, 9.17) is 0 Å². The van der Waals surface area contributed by atoms with Gasteiger partial charge in [0.05, 0.1) is 12.6 Å². The van der Waals surface area contributed by atoms with Crippen molar-refractivity contribution in [3.63, 3.8) is 0 Å². The minimum atomic E-state index is 0.567. The summed E-state index contributed by atoms with van der Waals surface area (Å²) in [5.41, 5.74) is 0. The van der Waals surface area contributed by atoms with Gasteiger partial charge < -0.3 is 0 Å². The van der Waals surface area contributed by atoms with E-state index in [1.807, 2.05) is 0 Å².